The first kappa shape index (κ1) is 12.6. The minimum Gasteiger partial charge on any atom is -0.392 e. The Morgan fingerprint density at radius 2 is 1.67 bits per heavy atom. The summed E-state index contributed by atoms with van der Waals surface area (Å²) in [6, 6.07) is 9.72. The molecule has 0 atom stereocenters. The summed E-state index contributed by atoms with van der Waals surface area (Å²) in [5.41, 5.74) is 1.14. The van der Waals surface area contributed by atoms with Crippen molar-refractivity contribution in [2.24, 2.45) is 0 Å². The molecule has 0 amide bonds. The molecule has 94 valence electrons. The van der Waals surface area contributed by atoms with Gasteiger partial charge >= 0.3 is 0 Å². The van der Waals surface area contributed by atoms with Gasteiger partial charge in [0.15, 0.2) is 0 Å². The van der Waals surface area contributed by atoms with Crippen LogP contribution < -0.4 is 0 Å². The van der Waals surface area contributed by atoms with Crippen molar-refractivity contribution in [2.45, 2.75) is 13.0 Å². The molecule has 0 aliphatic carbocycles. The third-order valence-electron chi connectivity index (χ3n) is 2.69. The molecule has 0 spiro atoms. The van der Waals surface area contributed by atoms with Crippen LogP contribution in [0.25, 0.3) is 11.1 Å². The summed E-state index contributed by atoms with van der Waals surface area (Å²) < 4.78 is 38.7. The van der Waals surface area contributed by atoms with Crippen LogP contribution in [0.1, 0.15) is 17.6 Å². The van der Waals surface area contributed by atoms with Gasteiger partial charge in [-0.3, -0.25) is 0 Å². The zero-order valence-electron chi connectivity index (χ0n) is 9.41. The predicted molar refractivity (Wildman–Crippen MR) is 62.7 cm³/mol. The van der Waals surface area contributed by atoms with E-state index in [1.807, 2.05) is 0 Å². The molecule has 2 aromatic rings. The van der Waals surface area contributed by atoms with E-state index < -0.39 is 12.2 Å². The number of benzene rings is 2. The summed E-state index contributed by atoms with van der Waals surface area (Å²) in [4.78, 5) is 0. The van der Waals surface area contributed by atoms with Crippen molar-refractivity contribution < 1.29 is 18.3 Å². The normalized spacial score (nSPS) is 10.9. The first-order valence-electron chi connectivity index (χ1n) is 5.39. The van der Waals surface area contributed by atoms with E-state index in [4.69, 9.17) is 5.11 Å². The highest BCUT2D eigenvalue weighted by atomic mass is 19.3. The number of halogens is 3. The fraction of sp³-hybridized carbons (Fsp3) is 0.143. The number of rotatable bonds is 3. The van der Waals surface area contributed by atoms with Crippen LogP contribution in [0.15, 0.2) is 42.5 Å². The van der Waals surface area contributed by atoms with E-state index in [-0.39, 0.29) is 12.2 Å². The minimum absolute atomic E-state index is 0.159. The average molecular weight is 252 g/mol. The van der Waals surface area contributed by atoms with E-state index in [1.165, 1.54) is 36.4 Å². The fourth-order valence-corrected chi connectivity index (χ4v) is 1.78. The average Bonchev–Trinajstić information content (AvgIpc) is 2.39. The van der Waals surface area contributed by atoms with Gasteiger partial charge in [-0.25, -0.2) is 13.2 Å². The van der Waals surface area contributed by atoms with E-state index >= 15 is 0 Å². The first-order chi connectivity index (χ1) is 8.61. The Balaban J connectivity index is 2.52. The summed E-state index contributed by atoms with van der Waals surface area (Å²) in [5.74, 6) is -0.413. The van der Waals surface area contributed by atoms with Crippen molar-refractivity contribution >= 4 is 0 Å². The highest BCUT2D eigenvalue weighted by Crippen LogP contribution is 2.32. The molecule has 0 saturated carbocycles. The Kier molecular flexibility index (Phi) is 3.67. The molecule has 0 aromatic heterocycles. The van der Waals surface area contributed by atoms with Crippen LogP contribution in [-0.2, 0) is 6.61 Å². The largest absolute Gasteiger partial charge is 0.392 e. The van der Waals surface area contributed by atoms with Crippen molar-refractivity contribution in [3.05, 3.63) is 59.4 Å². The predicted octanol–water partition coefficient (Wildman–Crippen LogP) is 3.92. The van der Waals surface area contributed by atoms with Gasteiger partial charge in [-0.2, -0.15) is 0 Å². The Morgan fingerprint density at radius 3 is 2.22 bits per heavy atom. The Morgan fingerprint density at radius 1 is 1.00 bits per heavy atom. The molecule has 0 radical (unpaired) electrons. The van der Waals surface area contributed by atoms with Gasteiger partial charge in [-0.15, -0.1) is 0 Å². The van der Waals surface area contributed by atoms with Crippen LogP contribution in [0.3, 0.4) is 0 Å². The fourth-order valence-electron chi connectivity index (χ4n) is 1.78. The highest BCUT2D eigenvalue weighted by molar-refractivity contribution is 5.68. The maximum atomic E-state index is 13.0. The van der Waals surface area contributed by atoms with Gasteiger partial charge in [-0.1, -0.05) is 24.3 Å². The summed E-state index contributed by atoms with van der Waals surface area (Å²) in [5, 5.41) is 8.95. The van der Waals surface area contributed by atoms with Gasteiger partial charge in [0.05, 0.1) is 6.61 Å². The maximum Gasteiger partial charge on any atom is 0.264 e. The van der Waals surface area contributed by atoms with E-state index in [0.717, 1.165) is 0 Å². The maximum absolute atomic E-state index is 13.0. The van der Waals surface area contributed by atoms with Gasteiger partial charge in [0, 0.05) is 5.56 Å². The molecule has 0 aliphatic rings. The van der Waals surface area contributed by atoms with E-state index in [1.54, 1.807) is 6.07 Å². The topological polar surface area (TPSA) is 20.2 Å². The monoisotopic (exact) mass is 252 g/mol. The number of aliphatic hydroxyl groups is 1. The zero-order chi connectivity index (χ0) is 13.1. The molecule has 1 nitrogen and oxygen atoms in total. The van der Waals surface area contributed by atoms with Crippen LogP contribution in [-0.4, -0.2) is 5.11 Å². The third kappa shape index (κ3) is 2.54. The lowest BCUT2D eigenvalue weighted by atomic mass is 9.98. The second-order valence-corrected chi connectivity index (χ2v) is 3.89. The lowest BCUT2D eigenvalue weighted by molar-refractivity contribution is 0.151. The second-order valence-electron chi connectivity index (χ2n) is 3.89. The molecule has 2 rings (SSSR count). The molecular weight excluding hydrogens is 241 g/mol. The van der Waals surface area contributed by atoms with E-state index in [0.29, 0.717) is 16.7 Å². The molecule has 0 aliphatic heterocycles. The van der Waals surface area contributed by atoms with Crippen molar-refractivity contribution in [3.63, 3.8) is 0 Å². The molecule has 0 unspecified atom stereocenters. The van der Waals surface area contributed by atoms with Crippen LogP contribution in [0.2, 0.25) is 0 Å². The van der Waals surface area contributed by atoms with Gasteiger partial charge in [-0.05, 0) is 34.9 Å². The van der Waals surface area contributed by atoms with Crippen molar-refractivity contribution in [2.75, 3.05) is 0 Å². The molecule has 0 heterocycles. The SMILES string of the molecule is OCc1ccc(-c2ccc(F)cc2)c(C(F)F)c1. The third-order valence-corrected chi connectivity index (χ3v) is 2.69. The zero-order valence-corrected chi connectivity index (χ0v) is 9.41. The number of hydrogen-bond acceptors (Lipinski definition) is 1. The van der Waals surface area contributed by atoms with Crippen molar-refractivity contribution in [1.29, 1.82) is 0 Å². The Labute approximate surface area is 103 Å². The van der Waals surface area contributed by atoms with Crippen LogP contribution in [0, 0.1) is 5.82 Å². The molecule has 4 heteroatoms. The molecule has 0 bridgehead atoms. The van der Waals surface area contributed by atoms with Crippen LogP contribution >= 0.6 is 0 Å². The lowest BCUT2D eigenvalue weighted by Crippen LogP contribution is -1.94. The van der Waals surface area contributed by atoms with Gasteiger partial charge in [0.25, 0.3) is 6.43 Å². The molecule has 18 heavy (non-hydrogen) atoms. The van der Waals surface area contributed by atoms with Gasteiger partial charge < -0.3 is 5.11 Å². The Bertz CT molecular complexity index is 535. The van der Waals surface area contributed by atoms with Gasteiger partial charge in [0.2, 0.25) is 0 Å². The quantitative estimate of drug-likeness (QED) is 0.877. The number of alkyl halides is 2. The van der Waals surface area contributed by atoms with Gasteiger partial charge in [0.1, 0.15) is 5.82 Å². The number of hydrogen-bond donors (Lipinski definition) is 1. The lowest BCUT2D eigenvalue weighted by Gasteiger charge is -2.10. The summed E-state index contributed by atoms with van der Waals surface area (Å²) in [6.45, 7) is -0.288. The number of aliphatic hydroxyl groups excluding tert-OH is 1. The van der Waals surface area contributed by atoms with Crippen molar-refractivity contribution in [1.82, 2.24) is 0 Å². The van der Waals surface area contributed by atoms with Crippen molar-refractivity contribution in [3.8, 4) is 11.1 Å². The van der Waals surface area contributed by atoms with E-state index in [9.17, 15) is 13.2 Å². The molecule has 2 aromatic carbocycles. The summed E-state index contributed by atoms with van der Waals surface area (Å²) in [6.07, 6.45) is -2.64. The highest BCUT2D eigenvalue weighted by Gasteiger charge is 2.14. The molecule has 1 N–H and O–H groups in total. The van der Waals surface area contributed by atoms with Crippen LogP contribution in [0.4, 0.5) is 13.2 Å². The van der Waals surface area contributed by atoms with E-state index in [2.05, 4.69) is 0 Å². The standard InChI is InChI=1S/C14H11F3O/c15-11-4-2-10(3-5-11)12-6-1-9(8-18)7-13(12)14(16)17/h1-7,14,18H,8H2. The summed E-state index contributed by atoms with van der Waals surface area (Å²) >= 11 is 0. The molecular formula is C14H11F3O. The minimum atomic E-state index is -2.64. The Hall–Kier alpha value is -1.81. The molecule has 0 saturated heterocycles. The van der Waals surface area contributed by atoms with Crippen LogP contribution in [0.5, 0.6) is 0 Å². The smallest absolute Gasteiger partial charge is 0.264 e. The second kappa shape index (κ2) is 5.23. The first-order valence-corrected chi connectivity index (χ1v) is 5.39. The summed E-state index contributed by atoms with van der Waals surface area (Å²) in [7, 11) is 0. The molecule has 0 fully saturated rings.